The molecule has 4 N–H and O–H groups in total. The van der Waals surface area contributed by atoms with E-state index >= 15 is 0 Å². The van der Waals surface area contributed by atoms with Crippen LogP contribution in [0.15, 0.2) is 41.8 Å². The molecular weight excluding hydrogens is 332 g/mol. The molecular formula is C17H20O6S. The summed E-state index contributed by atoms with van der Waals surface area (Å²) in [5, 5.41) is 40.8. The van der Waals surface area contributed by atoms with Gasteiger partial charge in [0, 0.05) is 6.42 Å². The number of aliphatic hydroxyl groups excluding tert-OH is 4. The van der Waals surface area contributed by atoms with Crippen molar-refractivity contribution in [3.05, 3.63) is 52.2 Å². The zero-order valence-corrected chi connectivity index (χ0v) is 13.7. The number of hydrogen-bond acceptors (Lipinski definition) is 7. The molecule has 6 nitrogen and oxygen atoms in total. The Hall–Kier alpha value is -1.48. The van der Waals surface area contributed by atoms with Gasteiger partial charge in [0.05, 0.1) is 11.5 Å². The van der Waals surface area contributed by atoms with E-state index in [2.05, 4.69) is 0 Å². The van der Waals surface area contributed by atoms with Crippen LogP contribution in [0.25, 0.3) is 0 Å². The van der Waals surface area contributed by atoms with Gasteiger partial charge in [0.2, 0.25) is 6.29 Å². The van der Waals surface area contributed by atoms with Gasteiger partial charge in [-0.15, -0.1) is 11.3 Å². The van der Waals surface area contributed by atoms with Crippen molar-refractivity contribution < 1.29 is 29.9 Å². The van der Waals surface area contributed by atoms with Gasteiger partial charge in [-0.25, -0.2) is 0 Å². The number of ether oxygens (including phenoxy) is 2. The molecule has 0 saturated carbocycles. The number of aliphatic hydroxyl groups is 4. The van der Waals surface area contributed by atoms with Crippen molar-refractivity contribution in [3.8, 4) is 5.75 Å². The van der Waals surface area contributed by atoms with Gasteiger partial charge < -0.3 is 29.9 Å². The molecule has 0 spiro atoms. The maximum absolute atomic E-state index is 10.1. The number of benzene rings is 1. The molecule has 1 aliphatic rings. The molecule has 7 heteroatoms. The zero-order valence-electron chi connectivity index (χ0n) is 12.9. The average molecular weight is 352 g/mol. The lowest BCUT2D eigenvalue weighted by Gasteiger charge is -2.39. The predicted octanol–water partition coefficient (Wildman–Crippen LogP) is 0.518. The van der Waals surface area contributed by atoms with E-state index in [4.69, 9.17) is 9.47 Å². The molecule has 1 aromatic carbocycles. The largest absolute Gasteiger partial charge is 0.461 e. The van der Waals surface area contributed by atoms with Gasteiger partial charge in [-0.3, -0.25) is 0 Å². The first-order valence-corrected chi connectivity index (χ1v) is 8.55. The lowest BCUT2D eigenvalue weighted by atomic mass is 9.99. The van der Waals surface area contributed by atoms with Crippen LogP contribution in [0.4, 0.5) is 0 Å². The van der Waals surface area contributed by atoms with Gasteiger partial charge in [0.25, 0.3) is 0 Å². The van der Waals surface area contributed by atoms with Crippen LogP contribution in [-0.4, -0.2) is 57.7 Å². The van der Waals surface area contributed by atoms with Crippen LogP contribution in [0.3, 0.4) is 0 Å². The lowest BCUT2D eigenvalue weighted by Crippen LogP contribution is -2.60. The summed E-state index contributed by atoms with van der Waals surface area (Å²) in [5.74, 6) is 0.549. The Kier molecular flexibility index (Phi) is 5.50. The molecule has 1 aromatic heterocycles. The molecule has 0 aliphatic carbocycles. The van der Waals surface area contributed by atoms with E-state index < -0.39 is 37.3 Å². The molecule has 3 rings (SSSR count). The molecule has 1 saturated heterocycles. The maximum Gasteiger partial charge on any atom is 0.229 e. The van der Waals surface area contributed by atoms with Crippen molar-refractivity contribution in [2.75, 3.05) is 6.61 Å². The Labute approximate surface area is 143 Å². The summed E-state index contributed by atoms with van der Waals surface area (Å²) < 4.78 is 11.1. The minimum absolute atomic E-state index is 0.481. The fourth-order valence-electron chi connectivity index (χ4n) is 2.63. The monoisotopic (exact) mass is 352 g/mol. The summed E-state index contributed by atoms with van der Waals surface area (Å²) in [5.41, 5.74) is 1.12. The Balaban J connectivity index is 1.73. The molecule has 5 atom stereocenters. The van der Waals surface area contributed by atoms with Crippen LogP contribution in [-0.2, 0) is 11.2 Å². The molecule has 1 fully saturated rings. The summed E-state index contributed by atoms with van der Waals surface area (Å²) in [6, 6.07) is 11.7. The molecule has 0 radical (unpaired) electrons. The topological polar surface area (TPSA) is 99.4 Å². The highest BCUT2D eigenvalue weighted by molar-refractivity contribution is 7.10. The van der Waals surface area contributed by atoms with Crippen LogP contribution >= 0.6 is 11.3 Å². The van der Waals surface area contributed by atoms with Crippen molar-refractivity contribution in [2.45, 2.75) is 37.1 Å². The van der Waals surface area contributed by atoms with Gasteiger partial charge in [-0.05, 0) is 17.0 Å². The molecule has 2 heterocycles. The Bertz CT molecular complexity index is 644. The molecule has 0 unspecified atom stereocenters. The highest BCUT2D eigenvalue weighted by Crippen LogP contribution is 2.31. The third-order valence-electron chi connectivity index (χ3n) is 4.00. The van der Waals surface area contributed by atoms with Crippen molar-refractivity contribution >= 4 is 11.3 Å². The second-order valence-corrected chi connectivity index (χ2v) is 6.69. The van der Waals surface area contributed by atoms with E-state index in [0.29, 0.717) is 12.2 Å². The normalized spacial score (nSPS) is 30.2. The highest BCUT2D eigenvalue weighted by Gasteiger charge is 2.44. The van der Waals surface area contributed by atoms with Gasteiger partial charge in [-0.1, -0.05) is 30.3 Å². The van der Waals surface area contributed by atoms with Crippen LogP contribution < -0.4 is 4.74 Å². The fourth-order valence-corrected chi connectivity index (χ4v) is 3.47. The zero-order chi connectivity index (χ0) is 17.1. The first-order valence-electron chi connectivity index (χ1n) is 7.67. The van der Waals surface area contributed by atoms with Crippen molar-refractivity contribution in [2.24, 2.45) is 0 Å². The molecule has 2 aromatic rings. The van der Waals surface area contributed by atoms with E-state index in [-0.39, 0.29) is 0 Å². The molecule has 24 heavy (non-hydrogen) atoms. The maximum atomic E-state index is 10.1. The number of thiophene rings is 1. The van der Waals surface area contributed by atoms with Crippen molar-refractivity contribution in [1.82, 2.24) is 0 Å². The smallest absolute Gasteiger partial charge is 0.229 e. The Morgan fingerprint density at radius 2 is 1.75 bits per heavy atom. The second kappa shape index (κ2) is 7.60. The average Bonchev–Trinajstić information content (AvgIpc) is 3.03. The lowest BCUT2D eigenvalue weighted by molar-refractivity contribution is -0.277. The molecule has 130 valence electrons. The fraction of sp³-hybridized carbons (Fsp3) is 0.412. The van der Waals surface area contributed by atoms with Crippen LogP contribution in [0.2, 0.25) is 0 Å². The summed E-state index contributed by atoms with van der Waals surface area (Å²) in [6.45, 7) is -0.481. The van der Waals surface area contributed by atoms with E-state index in [0.717, 1.165) is 10.4 Å². The quantitative estimate of drug-likeness (QED) is 0.626. The van der Waals surface area contributed by atoms with Gasteiger partial charge in [0.1, 0.15) is 30.2 Å². The minimum Gasteiger partial charge on any atom is -0.461 e. The van der Waals surface area contributed by atoms with Gasteiger partial charge in [-0.2, -0.15) is 0 Å². The van der Waals surface area contributed by atoms with E-state index in [1.54, 1.807) is 6.07 Å². The minimum atomic E-state index is -1.45. The number of hydrogen-bond donors (Lipinski definition) is 4. The molecule has 0 amide bonds. The van der Waals surface area contributed by atoms with Crippen LogP contribution in [0.5, 0.6) is 5.75 Å². The third kappa shape index (κ3) is 3.61. The van der Waals surface area contributed by atoms with Gasteiger partial charge in [0.15, 0.2) is 0 Å². The SMILES string of the molecule is OC[C@H]1O[C@@H](Oc2ccsc2Cc2ccccc2)[C@H](O)[C@@H](O)[C@@H]1O. The standard InChI is InChI=1S/C17H20O6S/c18-9-12-14(19)15(20)16(21)17(23-12)22-11-6-7-24-13(11)8-10-4-2-1-3-5-10/h1-7,12,14-21H,8-9H2/t12-,14-,15+,16-,17-/m1/s1. The predicted molar refractivity (Wildman–Crippen MR) is 88.0 cm³/mol. The summed E-state index contributed by atoms with van der Waals surface area (Å²) in [4.78, 5) is 0.957. The van der Waals surface area contributed by atoms with Crippen molar-refractivity contribution in [1.29, 1.82) is 0 Å². The Morgan fingerprint density at radius 3 is 2.46 bits per heavy atom. The first kappa shape index (κ1) is 17.3. The van der Waals surface area contributed by atoms with Crippen molar-refractivity contribution in [3.63, 3.8) is 0 Å². The van der Waals surface area contributed by atoms with Gasteiger partial charge >= 0.3 is 0 Å². The van der Waals surface area contributed by atoms with E-state index in [1.165, 1.54) is 11.3 Å². The first-order chi connectivity index (χ1) is 11.6. The highest BCUT2D eigenvalue weighted by atomic mass is 32.1. The summed E-state index contributed by atoms with van der Waals surface area (Å²) in [7, 11) is 0. The number of rotatable bonds is 5. The second-order valence-electron chi connectivity index (χ2n) is 5.69. The van der Waals surface area contributed by atoms with E-state index in [9.17, 15) is 20.4 Å². The Morgan fingerprint density at radius 1 is 1.00 bits per heavy atom. The van der Waals surface area contributed by atoms with Crippen LogP contribution in [0, 0.1) is 0 Å². The summed E-state index contributed by atoms with van der Waals surface area (Å²) in [6.07, 6.45) is -5.72. The molecule has 0 bridgehead atoms. The van der Waals surface area contributed by atoms with Crippen LogP contribution in [0.1, 0.15) is 10.4 Å². The summed E-state index contributed by atoms with van der Waals surface area (Å²) >= 11 is 1.52. The molecule has 1 aliphatic heterocycles. The third-order valence-corrected chi connectivity index (χ3v) is 4.91. The van der Waals surface area contributed by atoms with E-state index in [1.807, 2.05) is 35.7 Å².